The third-order valence-corrected chi connectivity index (χ3v) is 6.02. The number of aromatic nitrogens is 2. The van der Waals surface area contributed by atoms with Crippen LogP contribution in [0.15, 0.2) is 76.3 Å². The van der Waals surface area contributed by atoms with E-state index in [9.17, 15) is 14.4 Å². The second kappa shape index (κ2) is 9.91. The number of carbonyl (C=O) groups is 1. The number of para-hydroxylation sites is 1. The zero-order chi connectivity index (χ0) is 24.2. The summed E-state index contributed by atoms with van der Waals surface area (Å²) in [6.07, 6.45) is 1.13. The van der Waals surface area contributed by atoms with E-state index in [4.69, 9.17) is 0 Å². The summed E-state index contributed by atoms with van der Waals surface area (Å²) in [5.41, 5.74) is 4.40. The zero-order valence-electron chi connectivity index (χ0n) is 19.8. The van der Waals surface area contributed by atoms with Crippen molar-refractivity contribution in [2.75, 3.05) is 6.54 Å². The molecule has 1 heterocycles. The lowest BCUT2D eigenvalue weighted by molar-refractivity contribution is -0.120. The van der Waals surface area contributed by atoms with Gasteiger partial charge in [-0.3, -0.25) is 14.2 Å². The Kier molecular flexibility index (Phi) is 6.77. The second-order valence-corrected chi connectivity index (χ2v) is 8.65. The first-order chi connectivity index (χ1) is 16.4. The van der Waals surface area contributed by atoms with Crippen molar-refractivity contribution >= 4 is 16.8 Å². The van der Waals surface area contributed by atoms with Gasteiger partial charge in [0.15, 0.2) is 0 Å². The molecule has 1 aromatic heterocycles. The Morgan fingerprint density at radius 3 is 2.41 bits per heavy atom. The van der Waals surface area contributed by atoms with E-state index in [1.165, 1.54) is 4.57 Å². The predicted octanol–water partition coefficient (Wildman–Crippen LogP) is 3.89. The zero-order valence-corrected chi connectivity index (χ0v) is 19.8. The molecular formula is C28H29N3O3. The van der Waals surface area contributed by atoms with Gasteiger partial charge in [-0.05, 0) is 61.2 Å². The molecule has 0 aliphatic heterocycles. The number of benzene rings is 3. The van der Waals surface area contributed by atoms with Crippen LogP contribution in [-0.4, -0.2) is 21.6 Å². The fraction of sp³-hybridized carbons (Fsp3) is 0.250. The van der Waals surface area contributed by atoms with E-state index < -0.39 is 5.69 Å². The molecule has 3 aromatic carbocycles. The summed E-state index contributed by atoms with van der Waals surface area (Å²) in [5.74, 6) is -0.0478. The van der Waals surface area contributed by atoms with E-state index in [1.807, 2.05) is 45.0 Å². The Labute approximate surface area is 198 Å². The highest BCUT2D eigenvalue weighted by Gasteiger charge is 2.15. The first-order valence-electron chi connectivity index (χ1n) is 11.6. The van der Waals surface area contributed by atoms with Crippen LogP contribution < -0.4 is 16.6 Å². The molecule has 0 aliphatic rings. The number of amides is 1. The van der Waals surface area contributed by atoms with E-state index in [-0.39, 0.29) is 17.9 Å². The van der Waals surface area contributed by atoms with Crippen LogP contribution in [0.4, 0.5) is 0 Å². The minimum Gasteiger partial charge on any atom is -0.356 e. The monoisotopic (exact) mass is 455 g/mol. The Balaban J connectivity index is 1.80. The predicted molar refractivity (Wildman–Crippen MR) is 136 cm³/mol. The maximum atomic E-state index is 13.6. The minimum atomic E-state index is -0.391. The highest BCUT2D eigenvalue weighted by atomic mass is 16.2. The smallest absolute Gasteiger partial charge is 0.336 e. The normalized spacial score (nSPS) is 11.0. The van der Waals surface area contributed by atoms with Gasteiger partial charge in [0, 0.05) is 6.54 Å². The molecular weight excluding hydrogens is 426 g/mol. The Morgan fingerprint density at radius 2 is 1.68 bits per heavy atom. The third kappa shape index (κ3) is 4.71. The van der Waals surface area contributed by atoms with Gasteiger partial charge in [0.25, 0.3) is 5.56 Å². The lowest BCUT2D eigenvalue weighted by Crippen LogP contribution is -2.39. The third-order valence-electron chi connectivity index (χ3n) is 6.02. The average molecular weight is 456 g/mol. The van der Waals surface area contributed by atoms with Crippen LogP contribution in [0, 0.1) is 13.8 Å². The molecule has 0 radical (unpaired) electrons. The molecule has 0 saturated heterocycles. The summed E-state index contributed by atoms with van der Waals surface area (Å²) in [6.45, 7) is 7.05. The van der Waals surface area contributed by atoms with Crippen molar-refractivity contribution in [3.8, 4) is 5.69 Å². The van der Waals surface area contributed by atoms with Gasteiger partial charge < -0.3 is 5.32 Å². The minimum absolute atomic E-state index is 0.0478. The average Bonchev–Trinajstić information content (AvgIpc) is 2.83. The molecule has 6 heteroatoms. The fourth-order valence-electron chi connectivity index (χ4n) is 4.12. The molecule has 1 N–H and O–H groups in total. The van der Waals surface area contributed by atoms with Gasteiger partial charge in [-0.1, -0.05) is 55.0 Å². The maximum absolute atomic E-state index is 13.6. The number of hydrogen-bond acceptors (Lipinski definition) is 3. The van der Waals surface area contributed by atoms with Crippen molar-refractivity contribution < 1.29 is 4.79 Å². The van der Waals surface area contributed by atoms with E-state index >= 15 is 0 Å². The highest BCUT2D eigenvalue weighted by Crippen LogP contribution is 2.16. The Hall–Kier alpha value is -3.93. The molecule has 0 aliphatic carbocycles. The number of fused-ring (bicyclic) bond motifs is 1. The number of nitrogens with one attached hydrogen (secondary N) is 1. The first kappa shape index (κ1) is 23.2. The molecule has 34 heavy (non-hydrogen) atoms. The van der Waals surface area contributed by atoms with E-state index in [0.29, 0.717) is 29.7 Å². The van der Waals surface area contributed by atoms with Crippen LogP contribution in [0.2, 0.25) is 0 Å². The van der Waals surface area contributed by atoms with Gasteiger partial charge in [0.1, 0.15) is 0 Å². The molecule has 0 unspecified atom stereocenters. The molecule has 174 valence electrons. The quantitative estimate of drug-likeness (QED) is 0.460. The van der Waals surface area contributed by atoms with Crippen molar-refractivity contribution in [1.82, 2.24) is 14.5 Å². The standard InChI is InChI=1S/C28H29N3O3/c1-4-15-29-26(32)17-21-11-13-23(14-12-21)31-27(33)24-7-5-6-8-25(24)30(28(31)34)18-22-16-19(2)9-10-20(22)3/h5-14,16H,4,15,17-18H2,1-3H3,(H,29,32). The van der Waals surface area contributed by atoms with Gasteiger partial charge in [-0.15, -0.1) is 0 Å². The van der Waals surface area contributed by atoms with Crippen LogP contribution in [0.25, 0.3) is 16.6 Å². The van der Waals surface area contributed by atoms with Crippen molar-refractivity contribution in [3.05, 3.63) is 110 Å². The molecule has 1 amide bonds. The fourth-order valence-corrected chi connectivity index (χ4v) is 4.12. The largest absolute Gasteiger partial charge is 0.356 e. The lowest BCUT2D eigenvalue weighted by Gasteiger charge is -2.16. The first-order valence-corrected chi connectivity index (χ1v) is 11.6. The number of nitrogens with zero attached hydrogens (tertiary/aromatic N) is 2. The SMILES string of the molecule is CCCNC(=O)Cc1ccc(-n2c(=O)c3ccccc3n(Cc3cc(C)ccc3C)c2=O)cc1. The molecule has 0 fully saturated rings. The van der Waals surface area contributed by atoms with Crippen LogP contribution in [0.1, 0.15) is 35.6 Å². The molecule has 6 nitrogen and oxygen atoms in total. The van der Waals surface area contributed by atoms with Gasteiger partial charge in [0.05, 0.1) is 29.6 Å². The highest BCUT2D eigenvalue weighted by molar-refractivity contribution is 5.79. The van der Waals surface area contributed by atoms with E-state index in [2.05, 4.69) is 11.4 Å². The molecule has 0 saturated carbocycles. The number of hydrogen-bond donors (Lipinski definition) is 1. The van der Waals surface area contributed by atoms with Gasteiger partial charge in [0.2, 0.25) is 5.91 Å². The molecule has 4 aromatic rings. The van der Waals surface area contributed by atoms with Crippen LogP contribution >= 0.6 is 0 Å². The van der Waals surface area contributed by atoms with Crippen molar-refractivity contribution in [1.29, 1.82) is 0 Å². The van der Waals surface area contributed by atoms with Crippen LogP contribution in [0.5, 0.6) is 0 Å². The number of aryl methyl sites for hydroxylation is 2. The lowest BCUT2D eigenvalue weighted by atomic mass is 10.1. The van der Waals surface area contributed by atoms with Gasteiger partial charge >= 0.3 is 5.69 Å². The Morgan fingerprint density at radius 1 is 0.941 bits per heavy atom. The molecule has 0 bridgehead atoms. The summed E-state index contributed by atoms with van der Waals surface area (Å²) in [5, 5.41) is 3.34. The van der Waals surface area contributed by atoms with Gasteiger partial charge in [-0.2, -0.15) is 0 Å². The van der Waals surface area contributed by atoms with E-state index in [0.717, 1.165) is 28.7 Å². The topological polar surface area (TPSA) is 73.1 Å². The summed E-state index contributed by atoms with van der Waals surface area (Å²) in [7, 11) is 0. The summed E-state index contributed by atoms with van der Waals surface area (Å²) < 4.78 is 2.87. The van der Waals surface area contributed by atoms with Crippen molar-refractivity contribution in [2.24, 2.45) is 0 Å². The maximum Gasteiger partial charge on any atom is 0.336 e. The summed E-state index contributed by atoms with van der Waals surface area (Å²) >= 11 is 0. The number of carbonyl (C=O) groups excluding carboxylic acids is 1. The van der Waals surface area contributed by atoms with Crippen molar-refractivity contribution in [3.63, 3.8) is 0 Å². The van der Waals surface area contributed by atoms with Crippen LogP contribution in [0.3, 0.4) is 0 Å². The molecule has 0 spiro atoms. The summed E-state index contributed by atoms with van der Waals surface area (Å²) in [6, 6.07) is 20.4. The second-order valence-electron chi connectivity index (χ2n) is 8.65. The summed E-state index contributed by atoms with van der Waals surface area (Å²) in [4.78, 5) is 39.0. The number of rotatable bonds is 7. The van der Waals surface area contributed by atoms with Gasteiger partial charge in [-0.25, -0.2) is 9.36 Å². The van der Waals surface area contributed by atoms with Crippen LogP contribution in [-0.2, 0) is 17.8 Å². The van der Waals surface area contributed by atoms with E-state index in [1.54, 1.807) is 41.0 Å². The van der Waals surface area contributed by atoms with Crippen molar-refractivity contribution in [2.45, 2.75) is 40.2 Å². The molecule has 4 rings (SSSR count). The molecule has 0 atom stereocenters. The Bertz CT molecular complexity index is 1460.